The number of hydrogen-bond donors (Lipinski definition) is 1. The smallest absolute Gasteiger partial charge is 0.300 e. The van der Waals surface area contributed by atoms with Gasteiger partial charge in [0.05, 0.1) is 25.3 Å². The summed E-state index contributed by atoms with van der Waals surface area (Å²) in [5.74, 6) is -0.154. The van der Waals surface area contributed by atoms with Gasteiger partial charge in [-0.1, -0.05) is 26.0 Å². The average molecular weight is 515 g/mol. The lowest BCUT2D eigenvalue weighted by Crippen LogP contribution is -2.29. The van der Waals surface area contributed by atoms with Gasteiger partial charge in [-0.05, 0) is 78.6 Å². The largest absolute Gasteiger partial charge is 0.507 e. The maximum atomic E-state index is 13.5. The zero-order chi connectivity index (χ0) is 27.6. The van der Waals surface area contributed by atoms with Gasteiger partial charge < -0.3 is 19.5 Å². The molecule has 1 heterocycles. The summed E-state index contributed by atoms with van der Waals surface area (Å²) >= 11 is 0. The summed E-state index contributed by atoms with van der Waals surface area (Å²) < 4.78 is 11.1. The Labute approximate surface area is 223 Å². The van der Waals surface area contributed by atoms with E-state index in [2.05, 4.69) is 0 Å². The van der Waals surface area contributed by atoms with Crippen LogP contribution in [0, 0.1) is 0 Å². The lowest BCUT2D eigenvalue weighted by atomic mass is 9.93. The van der Waals surface area contributed by atoms with E-state index in [9.17, 15) is 14.7 Å². The maximum absolute atomic E-state index is 13.5. The molecule has 1 aliphatic rings. The molecule has 7 nitrogen and oxygen atoms in total. The molecule has 0 bridgehead atoms. The van der Waals surface area contributed by atoms with E-state index in [4.69, 9.17) is 9.47 Å². The van der Waals surface area contributed by atoms with Gasteiger partial charge >= 0.3 is 0 Å². The molecule has 1 atom stereocenters. The minimum absolute atomic E-state index is 0.0377. The number of ether oxygens (including phenoxy) is 2. The fourth-order valence-corrected chi connectivity index (χ4v) is 4.73. The number of benzene rings is 3. The predicted octanol–water partition coefficient (Wildman–Crippen LogP) is 5.91. The molecule has 7 heteroatoms. The molecule has 0 radical (unpaired) electrons. The zero-order valence-electron chi connectivity index (χ0n) is 22.7. The van der Waals surface area contributed by atoms with Crippen LogP contribution in [0.1, 0.15) is 49.4 Å². The Bertz CT molecular complexity index is 1360. The van der Waals surface area contributed by atoms with Crippen molar-refractivity contribution in [1.29, 1.82) is 0 Å². The van der Waals surface area contributed by atoms with Gasteiger partial charge in [0.15, 0.2) is 0 Å². The van der Waals surface area contributed by atoms with Crippen LogP contribution in [0.2, 0.25) is 0 Å². The van der Waals surface area contributed by atoms with Crippen LogP contribution in [-0.4, -0.2) is 44.6 Å². The van der Waals surface area contributed by atoms with Gasteiger partial charge in [-0.2, -0.15) is 0 Å². The summed E-state index contributed by atoms with van der Waals surface area (Å²) in [6, 6.07) is 19.1. The third-order valence-corrected chi connectivity index (χ3v) is 6.72. The number of hydrogen-bond acceptors (Lipinski definition) is 6. The molecular weight excluding hydrogens is 480 g/mol. The Kier molecular flexibility index (Phi) is 7.76. The van der Waals surface area contributed by atoms with Crippen LogP contribution >= 0.6 is 0 Å². The summed E-state index contributed by atoms with van der Waals surface area (Å²) in [6.07, 6.45) is 0. The first kappa shape index (κ1) is 26.8. The van der Waals surface area contributed by atoms with Gasteiger partial charge in [-0.15, -0.1) is 0 Å². The molecular formula is C31H34N2O5. The highest BCUT2D eigenvalue weighted by atomic mass is 16.5. The van der Waals surface area contributed by atoms with E-state index in [1.807, 2.05) is 82.2 Å². The van der Waals surface area contributed by atoms with Crippen molar-refractivity contribution in [3.8, 4) is 11.5 Å². The number of nitrogens with zero attached hydrogens (tertiary/aromatic N) is 2. The van der Waals surface area contributed by atoms with Crippen molar-refractivity contribution in [3.05, 3.63) is 89.0 Å². The molecule has 38 heavy (non-hydrogen) atoms. The fraction of sp³-hybridized carbons (Fsp3) is 0.290. The topological polar surface area (TPSA) is 79.3 Å². The summed E-state index contributed by atoms with van der Waals surface area (Å²) in [7, 11) is 5.46. The highest BCUT2D eigenvalue weighted by Crippen LogP contribution is 2.43. The van der Waals surface area contributed by atoms with E-state index in [-0.39, 0.29) is 17.3 Å². The second kappa shape index (κ2) is 11.0. The molecule has 1 aliphatic heterocycles. The van der Waals surface area contributed by atoms with Gasteiger partial charge in [0.25, 0.3) is 11.7 Å². The first-order valence-corrected chi connectivity index (χ1v) is 12.7. The van der Waals surface area contributed by atoms with Gasteiger partial charge in [0, 0.05) is 31.0 Å². The van der Waals surface area contributed by atoms with Crippen LogP contribution in [0.15, 0.2) is 72.3 Å². The van der Waals surface area contributed by atoms with Crippen LogP contribution in [0.3, 0.4) is 0 Å². The number of aliphatic hydroxyl groups is 1. The number of carbonyl (C=O) groups excluding carboxylic acids is 2. The number of amides is 1. The SMILES string of the molecule is CCOc1ccc(C2/C(=C(/O)c3ccc(OC)c(C(C)C)c3)C(=O)C(=O)N2c2ccc(N(C)C)cc2)cc1. The van der Waals surface area contributed by atoms with E-state index < -0.39 is 17.7 Å². The number of methoxy groups -OCH3 is 1. The van der Waals surface area contributed by atoms with E-state index in [0.717, 1.165) is 11.3 Å². The van der Waals surface area contributed by atoms with Gasteiger partial charge in [-0.25, -0.2) is 0 Å². The standard InChI is InChI=1S/C31H34N2O5/c1-7-38-24-15-8-20(9-16-24)28-27(29(34)21-10-17-26(37-6)25(18-21)19(2)3)30(35)31(36)33(28)23-13-11-22(12-14-23)32(4)5/h8-19,28,34H,7H2,1-6H3/b29-27-. The fourth-order valence-electron chi connectivity index (χ4n) is 4.73. The van der Waals surface area contributed by atoms with E-state index in [0.29, 0.717) is 34.9 Å². The molecule has 0 aromatic heterocycles. The molecule has 198 valence electrons. The van der Waals surface area contributed by atoms with Crippen molar-refractivity contribution in [2.24, 2.45) is 0 Å². The number of rotatable bonds is 8. The number of anilines is 2. The van der Waals surface area contributed by atoms with Crippen molar-refractivity contribution in [3.63, 3.8) is 0 Å². The lowest BCUT2D eigenvalue weighted by Gasteiger charge is -2.26. The maximum Gasteiger partial charge on any atom is 0.300 e. The first-order chi connectivity index (χ1) is 18.2. The van der Waals surface area contributed by atoms with Crippen molar-refractivity contribution in [1.82, 2.24) is 0 Å². The highest BCUT2D eigenvalue weighted by molar-refractivity contribution is 6.51. The molecule has 0 aliphatic carbocycles. The normalized spacial score (nSPS) is 16.7. The number of ketones is 1. The molecule has 1 unspecified atom stereocenters. The Morgan fingerprint density at radius 1 is 1.00 bits per heavy atom. The first-order valence-electron chi connectivity index (χ1n) is 12.7. The second-order valence-electron chi connectivity index (χ2n) is 9.69. The van der Waals surface area contributed by atoms with E-state index in [1.165, 1.54) is 4.90 Å². The number of Topliss-reactive ketones (excluding diaryl/α,β-unsaturated/α-hetero) is 1. The van der Waals surface area contributed by atoms with Crippen LogP contribution < -0.4 is 19.3 Å². The van der Waals surface area contributed by atoms with Crippen LogP contribution in [-0.2, 0) is 9.59 Å². The minimum atomic E-state index is -0.819. The predicted molar refractivity (Wildman–Crippen MR) is 150 cm³/mol. The second-order valence-corrected chi connectivity index (χ2v) is 9.69. The quantitative estimate of drug-likeness (QED) is 0.229. The Morgan fingerprint density at radius 3 is 2.21 bits per heavy atom. The molecule has 3 aromatic carbocycles. The third-order valence-electron chi connectivity index (χ3n) is 6.72. The number of carbonyl (C=O) groups is 2. The monoisotopic (exact) mass is 514 g/mol. The van der Waals surface area contributed by atoms with Gasteiger partial charge in [-0.3, -0.25) is 14.5 Å². The van der Waals surface area contributed by atoms with Crippen LogP contribution in [0.5, 0.6) is 11.5 Å². The van der Waals surface area contributed by atoms with Gasteiger partial charge in [0.2, 0.25) is 0 Å². The molecule has 4 rings (SSSR count). The molecule has 1 saturated heterocycles. The lowest BCUT2D eigenvalue weighted by molar-refractivity contribution is -0.132. The van der Waals surface area contributed by atoms with Crippen molar-refractivity contribution in [2.45, 2.75) is 32.7 Å². The summed E-state index contributed by atoms with van der Waals surface area (Å²) in [4.78, 5) is 30.4. The molecule has 1 amide bonds. The summed E-state index contributed by atoms with van der Waals surface area (Å²) in [5, 5.41) is 11.5. The average Bonchev–Trinajstić information content (AvgIpc) is 3.18. The van der Waals surface area contributed by atoms with E-state index >= 15 is 0 Å². The minimum Gasteiger partial charge on any atom is -0.507 e. The van der Waals surface area contributed by atoms with Crippen LogP contribution in [0.4, 0.5) is 11.4 Å². The van der Waals surface area contributed by atoms with Gasteiger partial charge in [0.1, 0.15) is 17.3 Å². The Morgan fingerprint density at radius 2 is 1.66 bits per heavy atom. The molecule has 0 saturated carbocycles. The van der Waals surface area contributed by atoms with Crippen LogP contribution in [0.25, 0.3) is 5.76 Å². The third kappa shape index (κ3) is 4.96. The molecule has 1 N–H and O–H groups in total. The van der Waals surface area contributed by atoms with E-state index in [1.54, 1.807) is 31.4 Å². The summed E-state index contributed by atoms with van der Waals surface area (Å²) in [6.45, 7) is 6.47. The molecule has 3 aromatic rings. The van der Waals surface area contributed by atoms with Crippen molar-refractivity contribution >= 4 is 28.8 Å². The molecule has 1 fully saturated rings. The molecule has 0 spiro atoms. The highest BCUT2D eigenvalue weighted by Gasteiger charge is 2.47. The van der Waals surface area contributed by atoms with Crippen molar-refractivity contribution < 1.29 is 24.2 Å². The summed E-state index contributed by atoms with van der Waals surface area (Å²) in [5.41, 5.74) is 3.59. The van der Waals surface area contributed by atoms with Crippen molar-refractivity contribution in [2.75, 3.05) is 37.6 Å². The zero-order valence-corrected chi connectivity index (χ0v) is 22.7. The number of aliphatic hydroxyl groups excluding tert-OH is 1. The Balaban J connectivity index is 1.90. The Hall–Kier alpha value is -4.26.